The van der Waals surface area contributed by atoms with Crippen LogP contribution in [0.25, 0.3) is 11.3 Å². The number of benzene rings is 1. The molecule has 0 spiro atoms. The molecule has 4 rings (SSSR count). The Labute approximate surface area is 196 Å². The number of aliphatic hydroxyl groups is 1. The zero-order valence-electron chi connectivity index (χ0n) is 18.6. The molecule has 1 aromatic carbocycles. The van der Waals surface area contributed by atoms with Crippen LogP contribution >= 0.6 is 0 Å². The minimum Gasteiger partial charge on any atom is -0.387 e. The Bertz CT molecular complexity index is 1140. The number of aromatic amines is 1. The number of amides is 2. The molecule has 34 heavy (non-hydrogen) atoms. The minimum absolute atomic E-state index is 0.147. The number of rotatable bonds is 9. The highest BCUT2D eigenvalue weighted by Crippen LogP contribution is 2.22. The Balaban J connectivity index is 1.47. The number of nitrogens with one attached hydrogen (secondary N) is 3. The van der Waals surface area contributed by atoms with Crippen LogP contribution in [0.4, 0.5) is 10.2 Å². The lowest BCUT2D eigenvalue weighted by molar-refractivity contribution is -0.134. The number of nitrogens with zero attached hydrogens (tertiary/aromatic N) is 3. The maximum atomic E-state index is 13.5. The molecule has 0 unspecified atom stereocenters. The molecule has 9 nitrogen and oxygen atoms in total. The van der Waals surface area contributed by atoms with Gasteiger partial charge in [0.15, 0.2) is 0 Å². The number of H-pyrrole nitrogens is 1. The van der Waals surface area contributed by atoms with Crippen LogP contribution in [0.2, 0.25) is 0 Å². The maximum absolute atomic E-state index is 13.5. The van der Waals surface area contributed by atoms with Crippen LogP contribution in [0, 0.1) is 5.82 Å². The van der Waals surface area contributed by atoms with Crippen molar-refractivity contribution in [3.8, 4) is 11.3 Å². The summed E-state index contributed by atoms with van der Waals surface area (Å²) in [5.74, 6) is -0.536. The third-order valence-electron chi connectivity index (χ3n) is 5.86. The van der Waals surface area contributed by atoms with Gasteiger partial charge >= 0.3 is 0 Å². The number of anilines is 1. The fourth-order valence-electron chi connectivity index (χ4n) is 4.12. The highest BCUT2D eigenvalue weighted by molar-refractivity contribution is 5.99. The van der Waals surface area contributed by atoms with Crippen molar-refractivity contribution in [3.05, 3.63) is 65.7 Å². The number of hydrogen-bond acceptors (Lipinski definition) is 6. The fraction of sp³-hybridized carbons (Fsp3) is 0.333. The molecule has 2 aromatic heterocycles. The molecule has 1 aliphatic rings. The van der Waals surface area contributed by atoms with Gasteiger partial charge in [-0.25, -0.2) is 9.37 Å². The van der Waals surface area contributed by atoms with Crippen molar-refractivity contribution in [3.63, 3.8) is 0 Å². The number of aromatic nitrogens is 3. The van der Waals surface area contributed by atoms with Crippen molar-refractivity contribution in [1.29, 1.82) is 0 Å². The lowest BCUT2D eigenvalue weighted by Gasteiger charge is -2.24. The van der Waals surface area contributed by atoms with Gasteiger partial charge in [0.25, 0.3) is 5.91 Å². The smallest absolute Gasteiger partial charge is 0.255 e. The first kappa shape index (κ1) is 23.4. The van der Waals surface area contributed by atoms with Gasteiger partial charge in [0.1, 0.15) is 18.2 Å². The second kappa shape index (κ2) is 10.9. The quantitative estimate of drug-likeness (QED) is 0.382. The van der Waals surface area contributed by atoms with Crippen molar-refractivity contribution in [1.82, 2.24) is 25.4 Å². The number of likely N-dealkylation sites (tertiary alicyclic amines) is 1. The van der Waals surface area contributed by atoms with E-state index in [2.05, 4.69) is 25.8 Å². The number of hydrogen-bond donors (Lipinski definition) is 4. The summed E-state index contributed by atoms with van der Waals surface area (Å²) in [5, 5.41) is 22.0. The zero-order chi connectivity index (χ0) is 23.9. The molecule has 1 fully saturated rings. The second-order valence-electron chi connectivity index (χ2n) is 8.14. The Hall–Kier alpha value is -3.79. The van der Waals surface area contributed by atoms with Crippen molar-refractivity contribution in [2.45, 2.75) is 25.3 Å². The normalized spacial score (nSPS) is 15.4. The fourth-order valence-corrected chi connectivity index (χ4v) is 4.12. The van der Waals surface area contributed by atoms with Gasteiger partial charge in [-0.2, -0.15) is 5.10 Å². The molecule has 1 saturated heterocycles. The van der Waals surface area contributed by atoms with E-state index in [0.717, 1.165) is 24.0 Å². The van der Waals surface area contributed by atoms with Crippen LogP contribution in [0.1, 0.15) is 28.8 Å². The lowest BCUT2D eigenvalue weighted by atomic mass is 10.1. The molecule has 0 saturated carbocycles. The van der Waals surface area contributed by atoms with Crippen molar-refractivity contribution >= 4 is 17.6 Å². The summed E-state index contributed by atoms with van der Waals surface area (Å²) in [7, 11) is 0. The van der Waals surface area contributed by atoms with Gasteiger partial charge in [-0.15, -0.1) is 0 Å². The van der Waals surface area contributed by atoms with Crippen LogP contribution in [-0.4, -0.2) is 69.3 Å². The molecule has 0 aliphatic carbocycles. The van der Waals surface area contributed by atoms with Crippen LogP contribution in [-0.2, 0) is 11.2 Å². The average Bonchev–Trinajstić information content (AvgIpc) is 3.54. The largest absolute Gasteiger partial charge is 0.387 e. The number of carbonyl (C=O) groups excluding carboxylic acids is 2. The van der Waals surface area contributed by atoms with E-state index in [4.69, 9.17) is 5.11 Å². The molecule has 0 radical (unpaired) electrons. The molecule has 2 amide bonds. The molecule has 4 N–H and O–H groups in total. The first-order valence-corrected chi connectivity index (χ1v) is 11.2. The second-order valence-corrected chi connectivity index (χ2v) is 8.14. The van der Waals surface area contributed by atoms with Gasteiger partial charge in [0.2, 0.25) is 5.91 Å². The van der Waals surface area contributed by atoms with Crippen LogP contribution in [0.5, 0.6) is 0 Å². The molecule has 178 valence electrons. The number of aliphatic hydroxyl groups excluding tert-OH is 1. The molecule has 3 heterocycles. The van der Waals surface area contributed by atoms with E-state index in [9.17, 15) is 14.0 Å². The Morgan fingerprint density at radius 2 is 2.15 bits per heavy atom. The molecular weight excluding hydrogens is 439 g/mol. The van der Waals surface area contributed by atoms with Crippen molar-refractivity contribution in [2.75, 3.05) is 31.6 Å². The third-order valence-corrected chi connectivity index (χ3v) is 5.86. The predicted octanol–water partition coefficient (Wildman–Crippen LogP) is 1.98. The average molecular weight is 467 g/mol. The summed E-state index contributed by atoms with van der Waals surface area (Å²) in [6, 6.07) is 9.67. The predicted molar refractivity (Wildman–Crippen MR) is 125 cm³/mol. The third kappa shape index (κ3) is 5.57. The van der Waals surface area contributed by atoms with E-state index < -0.39 is 6.61 Å². The summed E-state index contributed by atoms with van der Waals surface area (Å²) in [6.45, 7) is 0.779. The SMILES string of the molecule is O=C(NC[C@H]1CCCN1C(=O)CO)c1ccc(-c2cn[nH]c2)nc1NCCc1cccc(F)c1. The first-order chi connectivity index (χ1) is 16.5. The van der Waals surface area contributed by atoms with Crippen LogP contribution < -0.4 is 10.6 Å². The first-order valence-electron chi connectivity index (χ1n) is 11.2. The number of halogens is 1. The molecule has 1 aliphatic heterocycles. The van der Waals surface area contributed by atoms with Gasteiger partial charge in [0.05, 0.1) is 17.5 Å². The van der Waals surface area contributed by atoms with E-state index >= 15 is 0 Å². The highest BCUT2D eigenvalue weighted by atomic mass is 19.1. The monoisotopic (exact) mass is 466 g/mol. The van der Waals surface area contributed by atoms with Crippen LogP contribution in [0.15, 0.2) is 48.8 Å². The lowest BCUT2D eigenvalue weighted by Crippen LogP contribution is -2.44. The van der Waals surface area contributed by atoms with Gasteiger partial charge in [0, 0.05) is 37.4 Å². The van der Waals surface area contributed by atoms with Gasteiger partial charge < -0.3 is 20.6 Å². The number of pyridine rings is 1. The van der Waals surface area contributed by atoms with Gasteiger partial charge in [-0.05, 0) is 49.1 Å². The Morgan fingerprint density at radius 3 is 2.91 bits per heavy atom. The molecular formula is C24H27FN6O3. The van der Waals surface area contributed by atoms with E-state index in [1.54, 1.807) is 35.5 Å². The Kier molecular flexibility index (Phi) is 7.48. The zero-order valence-corrected chi connectivity index (χ0v) is 18.6. The molecule has 1 atom stereocenters. The topological polar surface area (TPSA) is 123 Å². The Morgan fingerprint density at radius 1 is 1.26 bits per heavy atom. The minimum atomic E-state index is -0.538. The van der Waals surface area contributed by atoms with E-state index in [0.29, 0.717) is 36.6 Å². The van der Waals surface area contributed by atoms with Crippen molar-refractivity contribution in [2.24, 2.45) is 0 Å². The van der Waals surface area contributed by atoms with Crippen molar-refractivity contribution < 1.29 is 19.1 Å². The van der Waals surface area contributed by atoms with E-state index in [-0.39, 0.29) is 30.2 Å². The molecule has 3 aromatic rings. The standard InChI is InChI=1S/C24H27FN6O3/c25-18-4-1-3-16(11-18)8-9-26-23-20(6-7-21(30-23)17-12-28-29-13-17)24(34)27-14-19-5-2-10-31(19)22(33)15-32/h1,3-4,6-7,11-13,19,32H,2,5,8-10,14-15H2,(H,26,30)(H,27,34)(H,28,29)/t19-/m1/s1. The van der Waals surface area contributed by atoms with E-state index in [1.165, 1.54) is 12.1 Å². The molecule has 0 bridgehead atoms. The van der Waals surface area contributed by atoms with E-state index in [1.807, 2.05) is 6.07 Å². The summed E-state index contributed by atoms with van der Waals surface area (Å²) in [6.07, 6.45) is 5.51. The summed E-state index contributed by atoms with van der Waals surface area (Å²) in [5.41, 5.74) is 2.63. The van der Waals surface area contributed by atoms with Gasteiger partial charge in [-0.3, -0.25) is 14.7 Å². The molecule has 10 heteroatoms. The van der Waals surface area contributed by atoms with Gasteiger partial charge in [-0.1, -0.05) is 12.1 Å². The maximum Gasteiger partial charge on any atom is 0.255 e. The summed E-state index contributed by atoms with van der Waals surface area (Å²) >= 11 is 0. The number of carbonyl (C=O) groups is 2. The summed E-state index contributed by atoms with van der Waals surface area (Å²) in [4.78, 5) is 31.2. The van der Waals surface area contributed by atoms with Crippen LogP contribution in [0.3, 0.4) is 0 Å². The highest BCUT2D eigenvalue weighted by Gasteiger charge is 2.28. The summed E-state index contributed by atoms with van der Waals surface area (Å²) < 4.78 is 13.5.